The van der Waals surface area contributed by atoms with Crippen LogP contribution in [-0.4, -0.2) is 36.3 Å². The van der Waals surface area contributed by atoms with Gasteiger partial charge in [0.25, 0.3) is 0 Å². The molecule has 0 aromatic heterocycles. The number of anilines is 1. The van der Waals surface area contributed by atoms with E-state index in [1.807, 2.05) is 55.5 Å². The molecule has 2 aromatic rings. The van der Waals surface area contributed by atoms with Gasteiger partial charge in [-0.3, -0.25) is 14.5 Å². The zero-order valence-corrected chi connectivity index (χ0v) is 16.7. The van der Waals surface area contributed by atoms with E-state index in [-0.39, 0.29) is 23.8 Å². The molecule has 1 aliphatic rings. The number of aryl methyl sites for hydroxylation is 1. The zero-order chi connectivity index (χ0) is 19.9. The number of carbonyl (C=O) groups excluding carboxylic acids is 2. The Hall–Kier alpha value is -2.66. The van der Waals surface area contributed by atoms with E-state index in [1.165, 1.54) is 5.56 Å². The molecule has 1 fully saturated rings. The third-order valence-electron chi connectivity index (χ3n) is 5.32. The third-order valence-corrected chi connectivity index (χ3v) is 5.32. The summed E-state index contributed by atoms with van der Waals surface area (Å²) in [5.74, 6) is -0.0556. The summed E-state index contributed by atoms with van der Waals surface area (Å²) in [6.07, 6.45) is 1.78. The SMILES string of the molecule is Cc1ccccc1[C@@H](C)NC(=O)CN1CCC[C@@H](C(=O)Nc2ccccc2)C1. The Balaban J connectivity index is 1.51. The highest BCUT2D eigenvalue weighted by Gasteiger charge is 2.27. The summed E-state index contributed by atoms with van der Waals surface area (Å²) < 4.78 is 0. The Morgan fingerprint density at radius 2 is 1.82 bits per heavy atom. The van der Waals surface area contributed by atoms with Crippen molar-refractivity contribution in [3.8, 4) is 0 Å². The summed E-state index contributed by atoms with van der Waals surface area (Å²) in [6, 6.07) is 17.6. The number of nitrogens with one attached hydrogen (secondary N) is 2. The molecule has 2 amide bonds. The maximum Gasteiger partial charge on any atom is 0.234 e. The summed E-state index contributed by atoms with van der Waals surface area (Å²) in [7, 11) is 0. The van der Waals surface area contributed by atoms with Crippen LogP contribution in [0.25, 0.3) is 0 Å². The summed E-state index contributed by atoms with van der Waals surface area (Å²) in [4.78, 5) is 27.2. The van der Waals surface area contributed by atoms with E-state index >= 15 is 0 Å². The van der Waals surface area contributed by atoms with Crippen LogP contribution in [-0.2, 0) is 9.59 Å². The number of amides is 2. The Morgan fingerprint density at radius 1 is 1.11 bits per heavy atom. The van der Waals surface area contributed by atoms with Crippen LogP contribution in [0.5, 0.6) is 0 Å². The topological polar surface area (TPSA) is 61.4 Å². The molecule has 0 spiro atoms. The highest BCUT2D eigenvalue weighted by Crippen LogP contribution is 2.20. The van der Waals surface area contributed by atoms with Crippen LogP contribution in [0.3, 0.4) is 0 Å². The van der Waals surface area contributed by atoms with Crippen molar-refractivity contribution in [1.82, 2.24) is 10.2 Å². The van der Waals surface area contributed by atoms with Crippen molar-refractivity contribution in [1.29, 1.82) is 0 Å². The van der Waals surface area contributed by atoms with Gasteiger partial charge in [0.2, 0.25) is 11.8 Å². The van der Waals surface area contributed by atoms with Crippen molar-refractivity contribution in [3.63, 3.8) is 0 Å². The molecule has 5 heteroatoms. The molecule has 0 bridgehead atoms. The molecule has 148 valence electrons. The van der Waals surface area contributed by atoms with Crippen molar-refractivity contribution in [2.75, 3.05) is 25.0 Å². The summed E-state index contributed by atoms with van der Waals surface area (Å²) in [5.41, 5.74) is 3.12. The molecule has 0 radical (unpaired) electrons. The van der Waals surface area contributed by atoms with Crippen LogP contribution in [0.2, 0.25) is 0 Å². The van der Waals surface area contributed by atoms with Crippen molar-refractivity contribution >= 4 is 17.5 Å². The average Bonchev–Trinajstić information content (AvgIpc) is 2.69. The third kappa shape index (κ3) is 5.42. The van der Waals surface area contributed by atoms with Gasteiger partial charge in [-0.1, -0.05) is 42.5 Å². The molecule has 0 aliphatic carbocycles. The average molecular weight is 380 g/mol. The van der Waals surface area contributed by atoms with E-state index in [0.717, 1.165) is 30.6 Å². The van der Waals surface area contributed by atoms with E-state index < -0.39 is 0 Å². The van der Waals surface area contributed by atoms with Gasteiger partial charge in [-0.15, -0.1) is 0 Å². The number of benzene rings is 2. The molecule has 28 heavy (non-hydrogen) atoms. The number of rotatable bonds is 6. The van der Waals surface area contributed by atoms with Gasteiger partial charge in [-0.05, 0) is 56.5 Å². The lowest BCUT2D eigenvalue weighted by Crippen LogP contribution is -2.45. The lowest BCUT2D eigenvalue weighted by atomic mass is 9.97. The first-order valence-electron chi connectivity index (χ1n) is 9.96. The van der Waals surface area contributed by atoms with Crippen LogP contribution in [0, 0.1) is 12.8 Å². The predicted molar refractivity (Wildman–Crippen MR) is 112 cm³/mol. The highest BCUT2D eigenvalue weighted by molar-refractivity contribution is 5.92. The molecule has 1 saturated heterocycles. The standard InChI is InChI=1S/C23H29N3O2/c1-17-9-6-7-13-21(17)18(2)24-22(27)16-26-14-8-10-19(15-26)23(28)25-20-11-4-3-5-12-20/h3-7,9,11-13,18-19H,8,10,14-16H2,1-2H3,(H,24,27)(H,25,28)/t18-,19-/m1/s1. The van der Waals surface area contributed by atoms with Crippen LogP contribution >= 0.6 is 0 Å². The largest absolute Gasteiger partial charge is 0.348 e. The Labute approximate surface area is 167 Å². The van der Waals surface area contributed by atoms with Gasteiger partial charge < -0.3 is 10.6 Å². The molecule has 1 heterocycles. The molecule has 2 atom stereocenters. The molecule has 0 saturated carbocycles. The van der Waals surface area contributed by atoms with E-state index in [0.29, 0.717) is 13.1 Å². The van der Waals surface area contributed by atoms with Crippen molar-refractivity contribution in [2.45, 2.75) is 32.7 Å². The summed E-state index contributed by atoms with van der Waals surface area (Å²) >= 11 is 0. The first-order chi connectivity index (χ1) is 13.5. The summed E-state index contributed by atoms with van der Waals surface area (Å²) in [6.45, 7) is 5.85. The van der Waals surface area contributed by atoms with E-state index in [9.17, 15) is 9.59 Å². The van der Waals surface area contributed by atoms with Crippen LogP contribution in [0.4, 0.5) is 5.69 Å². The van der Waals surface area contributed by atoms with Gasteiger partial charge in [-0.25, -0.2) is 0 Å². The van der Waals surface area contributed by atoms with Crippen molar-refractivity contribution in [2.24, 2.45) is 5.92 Å². The number of likely N-dealkylation sites (tertiary alicyclic amines) is 1. The van der Waals surface area contributed by atoms with Gasteiger partial charge in [0.15, 0.2) is 0 Å². The monoisotopic (exact) mass is 379 g/mol. The normalized spacial score (nSPS) is 18.3. The Morgan fingerprint density at radius 3 is 2.57 bits per heavy atom. The fraction of sp³-hybridized carbons (Fsp3) is 0.391. The first kappa shape index (κ1) is 20.1. The molecule has 0 unspecified atom stereocenters. The lowest BCUT2D eigenvalue weighted by Gasteiger charge is -2.31. The molecule has 5 nitrogen and oxygen atoms in total. The second kappa shape index (κ2) is 9.51. The number of nitrogens with zero attached hydrogens (tertiary/aromatic N) is 1. The molecular formula is C23H29N3O2. The fourth-order valence-electron chi connectivity index (χ4n) is 3.82. The number of hydrogen-bond donors (Lipinski definition) is 2. The van der Waals surface area contributed by atoms with Crippen molar-refractivity contribution < 1.29 is 9.59 Å². The van der Waals surface area contributed by atoms with E-state index in [1.54, 1.807) is 0 Å². The molecular weight excluding hydrogens is 350 g/mol. The molecule has 2 N–H and O–H groups in total. The van der Waals surface area contributed by atoms with E-state index in [2.05, 4.69) is 28.5 Å². The number of para-hydroxylation sites is 1. The number of piperidine rings is 1. The van der Waals surface area contributed by atoms with Gasteiger partial charge in [-0.2, -0.15) is 0 Å². The predicted octanol–water partition coefficient (Wildman–Crippen LogP) is 3.52. The van der Waals surface area contributed by atoms with E-state index in [4.69, 9.17) is 0 Å². The number of hydrogen-bond acceptors (Lipinski definition) is 3. The first-order valence-corrected chi connectivity index (χ1v) is 9.96. The van der Waals surface area contributed by atoms with Crippen LogP contribution in [0.1, 0.15) is 36.9 Å². The smallest absolute Gasteiger partial charge is 0.234 e. The maximum absolute atomic E-state index is 12.6. The van der Waals surface area contributed by atoms with Gasteiger partial charge >= 0.3 is 0 Å². The Kier molecular flexibility index (Phi) is 6.82. The minimum atomic E-state index is -0.0875. The minimum Gasteiger partial charge on any atom is -0.348 e. The Bertz CT molecular complexity index is 807. The minimum absolute atomic E-state index is 0.000120. The second-order valence-electron chi connectivity index (χ2n) is 7.58. The molecule has 1 aliphatic heterocycles. The molecule has 3 rings (SSSR count). The highest BCUT2D eigenvalue weighted by atomic mass is 16.2. The maximum atomic E-state index is 12.6. The second-order valence-corrected chi connectivity index (χ2v) is 7.58. The van der Waals surface area contributed by atoms with Gasteiger partial charge in [0.05, 0.1) is 18.5 Å². The lowest BCUT2D eigenvalue weighted by molar-refractivity contribution is -0.126. The van der Waals surface area contributed by atoms with Crippen molar-refractivity contribution in [3.05, 3.63) is 65.7 Å². The molecule has 2 aromatic carbocycles. The van der Waals surface area contributed by atoms with Crippen LogP contribution in [0.15, 0.2) is 54.6 Å². The zero-order valence-electron chi connectivity index (χ0n) is 16.7. The summed E-state index contributed by atoms with van der Waals surface area (Å²) in [5, 5.41) is 6.07. The quantitative estimate of drug-likeness (QED) is 0.807. The fourth-order valence-corrected chi connectivity index (χ4v) is 3.82. The van der Waals surface area contributed by atoms with Gasteiger partial charge in [0, 0.05) is 12.2 Å². The van der Waals surface area contributed by atoms with Crippen LogP contribution < -0.4 is 10.6 Å². The number of carbonyl (C=O) groups is 2. The van der Waals surface area contributed by atoms with Gasteiger partial charge in [0.1, 0.15) is 0 Å².